The van der Waals surface area contributed by atoms with E-state index in [-0.39, 0.29) is 12.5 Å². The summed E-state index contributed by atoms with van der Waals surface area (Å²) in [6, 6.07) is 0. The molecule has 0 spiro atoms. The summed E-state index contributed by atoms with van der Waals surface area (Å²) in [5.41, 5.74) is 0.397. The molecule has 1 rings (SSSR count). The number of amides is 1. The molecule has 0 bridgehead atoms. The number of nitrogens with zero attached hydrogens (tertiary/aromatic N) is 2. The van der Waals surface area contributed by atoms with Crippen molar-refractivity contribution in [2.24, 2.45) is 0 Å². The molecule has 1 aromatic rings. The lowest BCUT2D eigenvalue weighted by Gasteiger charge is -2.00. The molecule has 0 atom stereocenters. The second-order valence-electron chi connectivity index (χ2n) is 2.34. The average Bonchev–Trinajstić information content (AvgIpc) is 2.28. The lowest BCUT2D eigenvalue weighted by atomic mass is 10.4. The molecule has 15 heavy (non-hydrogen) atoms. The van der Waals surface area contributed by atoms with Crippen molar-refractivity contribution in [2.45, 2.75) is 0 Å². The Kier molecular flexibility index (Phi) is 4.06. The first-order valence-electron chi connectivity index (χ1n) is 4.07. The van der Waals surface area contributed by atoms with Gasteiger partial charge in [-0.25, -0.2) is 14.8 Å². The van der Waals surface area contributed by atoms with Gasteiger partial charge in [-0.2, -0.15) is 0 Å². The van der Waals surface area contributed by atoms with E-state index in [2.05, 4.69) is 27.1 Å². The van der Waals surface area contributed by atoms with Crippen molar-refractivity contribution in [1.29, 1.82) is 0 Å². The zero-order chi connectivity index (χ0) is 11.1. The van der Waals surface area contributed by atoms with Gasteiger partial charge in [-0.1, -0.05) is 5.92 Å². The van der Waals surface area contributed by atoms with E-state index in [9.17, 15) is 4.79 Å². The maximum Gasteiger partial charge on any atom is 0.413 e. The van der Waals surface area contributed by atoms with E-state index in [1.54, 1.807) is 0 Å². The van der Waals surface area contributed by atoms with E-state index in [1.165, 1.54) is 19.4 Å². The van der Waals surface area contributed by atoms with Crippen LogP contribution < -0.4 is 10.1 Å². The molecule has 0 fully saturated rings. The number of aliphatic hydroxyl groups is 1. The fourth-order valence-electron chi connectivity index (χ4n) is 0.710. The van der Waals surface area contributed by atoms with Crippen LogP contribution in [0.4, 0.5) is 4.79 Å². The molecule has 0 saturated carbocycles. The number of hydrogen-bond acceptors (Lipinski definition) is 5. The molecule has 0 aliphatic rings. The van der Waals surface area contributed by atoms with Gasteiger partial charge in [0.05, 0.1) is 12.4 Å². The molecule has 1 heterocycles. The summed E-state index contributed by atoms with van der Waals surface area (Å²) in [7, 11) is 1.44. The topological polar surface area (TPSA) is 84.3 Å². The Labute approximate surface area is 86.3 Å². The van der Waals surface area contributed by atoms with Gasteiger partial charge in [0.25, 0.3) is 0 Å². The molecule has 78 valence electrons. The number of carbonyl (C=O) groups is 1. The maximum absolute atomic E-state index is 10.8. The minimum atomic E-state index is -0.613. The van der Waals surface area contributed by atoms with Gasteiger partial charge < -0.3 is 15.2 Å². The summed E-state index contributed by atoms with van der Waals surface area (Å²) < 4.78 is 4.70. The summed E-state index contributed by atoms with van der Waals surface area (Å²) in [6.45, 7) is -0.238. The van der Waals surface area contributed by atoms with Crippen molar-refractivity contribution in [2.75, 3.05) is 13.7 Å². The highest BCUT2D eigenvalue weighted by Gasteiger charge is 2.02. The van der Waals surface area contributed by atoms with Crippen molar-refractivity contribution in [3.05, 3.63) is 18.1 Å². The monoisotopic (exact) mass is 207 g/mol. The Morgan fingerprint density at radius 2 is 2.40 bits per heavy atom. The fraction of sp³-hybridized carbons (Fsp3) is 0.222. The molecule has 1 amide bonds. The summed E-state index contributed by atoms with van der Waals surface area (Å²) in [4.78, 5) is 18.4. The number of aliphatic hydroxyl groups excluding tert-OH is 1. The maximum atomic E-state index is 10.8. The first-order valence-corrected chi connectivity index (χ1v) is 4.07. The Balaban J connectivity index is 2.68. The van der Waals surface area contributed by atoms with Gasteiger partial charge in [-0.05, 0) is 5.92 Å². The van der Waals surface area contributed by atoms with Crippen molar-refractivity contribution in [1.82, 2.24) is 15.3 Å². The van der Waals surface area contributed by atoms with Crippen LogP contribution in [0.2, 0.25) is 0 Å². The van der Waals surface area contributed by atoms with Gasteiger partial charge in [0, 0.05) is 7.05 Å². The minimum absolute atomic E-state index is 0.0869. The molecule has 6 heteroatoms. The van der Waals surface area contributed by atoms with Crippen molar-refractivity contribution >= 4 is 6.09 Å². The molecule has 6 nitrogen and oxygen atoms in total. The van der Waals surface area contributed by atoms with Gasteiger partial charge in [0.1, 0.15) is 12.3 Å². The van der Waals surface area contributed by atoms with Crippen LogP contribution in [0.15, 0.2) is 12.4 Å². The number of carbonyl (C=O) groups excluding carboxylic acids is 1. The predicted molar refractivity (Wildman–Crippen MR) is 51.1 cm³/mol. The minimum Gasteiger partial charge on any atom is -0.390 e. The van der Waals surface area contributed by atoms with E-state index < -0.39 is 6.09 Å². The molecule has 0 aliphatic heterocycles. The van der Waals surface area contributed by atoms with Crippen LogP contribution in [-0.4, -0.2) is 34.8 Å². The molecular weight excluding hydrogens is 198 g/mol. The first-order chi connectivity index (χ1) is 7.26. The van der Waals surface area contributed by atoms with Crippen LogP contribution in [0.1, 0.15) is 5.69 Å². The smallest absolute Gasteiger partial charge is 0.390 e. The standard InChI is InChI=1S/C9H9N3O3/c1-10-9(14)15-8-6-11-7(5-12-8)3-2-4-13/h5-6,13H,4H2,1H3,(H,10,14). The van der Waals surface area contributed by atoms with E-state index in [1.807, 2.05) is 0 Å². The van der Waals surface area contributed by atoms with E-state index in [4.69, 9.17) is 9.84 Å². The number of rotatable bonds is 1. The van der Waals surface area contributed by atoms with Crippen LogP contribution in [0.3, 0.4) is 0 Å². The van der Waals surface area contributed by atoms with Crippen molar-refractivity contribution < 1.29 is 14.6 Å². The largest absolute Gasteiger partial charge is 0.413 e. The highest BCUT2D eigenvalue weighted by atomic mass is 16.6. The van der Waals surface area contributed by atoms with Gasteiger partial charge >= 0.3 is 6.09 Å². The van der Waals surface area contributed by atoms with Crippen LogP contribution in [0, 0.1) is 11.8 Å². The Hall–Kier alpha value is -2.13. The summed E-state index contributed by atoms with van der Waals surface area (Å²) in [6.07, 6.45) is 2.01. The van der Waals surface area contributed by atoms with Gasteiger partial charge in [-0.3, -0.25) is 0 Å². The zero-order valence-electron chi connectivity index (χ0n) is 8.02. The van der Waals surface area contributed by atoms with E-state index in [0.717, 1.165) is 0 Å². The molecule has 1 aromatic heterocycles. The third kappa shape index (κ3) is 3.62. The van der Waals surface area contributed by atoms with Gasteiger partial charge in [-0.15, -0.1) is 0 Å². The fourth-order valence-corrected chi connectivity index (χ4v) is 0.710. The summed E-state index contributed by atoms with van der Waals surface area (Å²) >= 11 is 0. The Morgan fingerprint density at radius 3 is 2.93 bits per heavy atom. The quantitative estimate of drug-likeness (QED) is 0.608. The molecule has 0 aliphatic carbocycles. The van der Waals surface area contributed by atoms with Crippen molar-refractivity contribution in [3.8, 4) is 17.7 Å². The van der Waals surface area contributed by atoms with Gasteiger partial charge in [0.2, 0.25) is 5.88 Å². The molecule has 2 N–H and O–H groups in total. The first kappa shape index (κ1) is 10.9. The number of nitrogens with one attached hydrogen (secondary N) is 1. The molecule has 0 aromatic carbocycles. The SMILES string of the molecule is CNC(=O)Oc1cnc(C#CCO)cn1. The Bertz CT molecular complexity index is 391. The summed E-state index contributed by atoms with van der Waals surface area (Å²) in [5, 5.41) is 10.7. The van der Waals surface area contributed by atoms with E-state index in [0.29, 0.717) is 5.69 Å². The zero-order valence-corrected chi connectivity index (χ0v) is 8.02. The normalized spacial score (nSPS) is 8.67. The molecule has 0 unspecified atom stereocenters. The lowest BCUT2D eigenvalue weighted by Crippen LogP contribution is -2.22. The summed E-state index contributed by atoms with van der Waals surface area (Å²) in [5.74, 6) is 5.06. The van der Waals surface area contributed by atoms with E-state index >= 15 is 0 Å². The van der Waals surface area contributed by atoms with Crippen LogP contribution in [0.5, 0.6) is 5.88 Å². The third-order valence-corrected chi connectivity index (χ3v) is 1.33. The molecule has 0 radical (unpaired) electrons. The number of hydrogen-bond donors (Lipinski definition) is 2. The molecule has 0 saturated heterocycles. The third-order valence-electron chi connectivity index (χ3n) is 1.33. The average molecular weight is 207 g/mol. The predicted octanol–water partition coefficient (Wildman–Crippen LogP) is -0.461. The Morgan fingerprint density at radius 1 is 1.60 bits per heavy atom. The lowest BCUT2D eigenvalue weighted by molar-refractivity contribution is 0.201. The number of ether oxygens (including phenoxy) is 1. The number of aromatic nitrogens is 2. The van der Waals surface area contributed by atoms with Gasteiger partial charge in [0.15, 0.2) is 0 Å². The van der Waals surface area contributed by atoms with Crippen molar-refractivity contribution in [3.63, 3.8) is 0 Å². The second-order valence-corrected chi connectivity index (χ2v) is 2.34. The van der Waals surface area contributed by atoms with Crippen LogP contribution >= 0.6 is 0 Å². The van der Waals surface area contributed by atoms with Crippen LogP contribution in [-0.2, 0) is 0 Å². The second kappa shape index (κ2) is 5.57. The highest BCUT2D eigenvalue weighted by molar-refractivity contribution is 5.69. The molecular formula is C9H9N3O3. The van der Waals surface area contributed by atoms with Crippen LogP contribution in [0.25, 0.3) is 0 Å². The highest BCUT2D eigenvalue weighted by Crippen LogP contribution is 2.02.